The van der Waals surface area contributed by atoms with Gasteiger partial charge < -0.3 is 15.5 Å². The van der Waals surface area contributed by atoms with Gasteiger partial charge in [0.2, 0.25) is 0 Å². The zero-order chi connectivity index (χ0) is 12.3. The van der Waals surface area contributed by atoms with Crippen LogP contribution in [0.5, 0.6) is 0 Å². The molecule has 0 amide bonds. The van der Waals surface area contributed by atoms with Crippen molar-refractivity contribution in [2.75, 3.05) is 30.5 Å². The Morgan fingerprint density at radius 3 is 2.76 bits per heavy atom. The van der Waals surface area contributed by atoms with E-state index in [1.807, 2.05) is 18.2 Å². The summed E-state index contributed by atoms with van der Waals surface area (Å²) in [6.45, 7) is 4.67. The fourth-order valence-electron chi connectivity index (χ4n) is 1.35. The van der Waals surface area contributed by atoms with Crippen molar-refractivity contribution < 1.29 is 4.74 Å². The summed E-state index contributed by atoms with van der Waals surface area (Å²) < 4.78 is 5.46. The Bertz CT molecular complexity index is 306. The van der Waals surface area contributed by atoms with Gasteiger partial charge in [0.15, 0.2) is 0 Å². The summed E-state index contributed by atoms with van der Waals surface area (Å²) in [5.74, 6) is 6.77. The molecule has 0 unspecified atom stereocenters. The smallest absolute Gasteiger partial charge is 0.142 e. The van der Waals surface area contributed by atoms with Crippen LogP contribution >= 0.6 is 0 Å². The lowest BCUT2D eigenvalue weighted by Crippen LogP contribution is -2.11. The molecule has 0 aliphatic rings. The second-order valence-corrected chi connectivity index (χ2v) is 3.80. The normalized spacial score (nSPS) is 10.2. The lowest BCUT2D eigenvalue weighted by Gasteiger charge is -2.07. The van der Waals surface area contributed by atoms with E-state index in [4.69, 9.17) is 10.6 Å². The highest BCUT2D eigenvalue weighted by molar-refractivity contribution is 5.44. The third-order valence-corrected chi connectivity index (χ3v) is 2.31. The standard InChI is InChI=1S/C12H22N4O/c1-2-3-9-17-10-5-8-14-11-6-4-7-12(15-11)16-13/h4,6-7H,2-3,5,8-10,13H2,1H3,(H2,14,15,16). The fraction of sp³-hybridized carbons (Fsp3) is 0.583. The summed E-state index contributed by atoms with van der Waals surface area (Å²) >= 11 is 0. The number of rotatable bonds is 9. The zero-order valence-corrected chi connectivity index (χ0v) is 10.4. The number of ether oxygens (including phenoxy) is 1. The van der Waals surface area contributed by atoms with E-state index >= 15 is 0 Å². The number of unbranched alkanes of at least 4 members (excludes halogenated alkanes) is 1. The topological polar surface area (TPSA) is 72.2 Å². The molecule has 5 heteroatoms. The van der Waals surface area contributed by atoms with E-state index in [9.17, 15) is 0 Å². The first-order valence-corrected chi connectivity index (χ1v) is 6.12. The van der Waals surface area contributed by atoms with Crippen molar-refractivity contribution in [2.24, 2.45) is 5.84 Å². The number of nitrogen functional groups attached to an aromatic ring is 1. The van der Waals surface area contributed by atoms with Gasteiger partial charge in [0, 0.05) is 19.8 Å². The number of nitrogens with two attached hydrogens (primary N) is 1. The summed E-state index contributed by atoms with van der Waals surface area (Å²) in [5.41, 5.74) is 2.52. The Morgan fingerprint density at radius 1 is 1.24 bits per heavy atom. The molecular weight excluding hydrogens is 216 g/mol. The largest absolute Gasteiger partial charge is 0.381 e. The summed E-state index contributed by atoms with van der Waals surface area (Å²) in [6.07, 6.45) is 3.30. The highest BCUT2D eigenvalue weighted by Gasteiger charge is 1.95. The van der Waals surface area contributed by atoms with Gasteiger partial charge in [0.25, 0.3) is 0 Å². The molecule has 0 aliphatic heterocycles. The van der Waals surface area contributed by atoms with Gasteiger partial charge in [-0.3, -0.25) is 0 Å². The van der Waals surface area contributed by atoms with E-state index < -0.39 is 0 Å². The van der Waals surface area contributed by atoms with Crippen molar-refractivity contribution in [3.63, 3.8) is 0 Å². The van der Waals surface area contributed by atoms with Gasteiger partial charge in [-0.2, -0.15) is 0 Å². The molecule has 0 aliphatic carbocycles. The van der Waals surface area contributed by atoms with Crippen LogP contribution in [0.2, 0.25) is 0 Å². The Morgan fingerprint density at radius 2 is 2.00 bits per heavy atom. The van der Waals surface area contributed by atoms with E-state index in [0.717, 1.165) is 38.4 Å². The second-order valence-electron chi connectivity index (χ2n) is 3.80. The van der Waals surface area contributed by atoms with Crippen molar-refractivity contribution >= 4 is 11.6 Å². The van der Waals surface area contributed by atoms with Crippen LogP contribution in [0.1, 0.15) is 26.2 Å². The average molecular weight is 238 g/mol. The van der Waals surface area contributed by atoms with Crippen LogP contribution in [0.3, 0.4) is 0 Å². The van der Waals surface area contributed by atoms with Crippen LogP contribution in [0, 0.1) is 0 Å². The molecular formula is C12H22N4O. The maximum Gasteiger partial charge on any atom is 0.142 e. The summed E-state index contributed by atoms with van der Waals surface area (Å²) in [7, 11) is 0. The first-order chi connectivity index (χ1) is 8.36. The van der Waals surface area contributed by atoms with Crippen LogP contribution in [0.15, 0.2) is 18.2 Å². The third kappa shape index (κ3) is 6.09. The van der Waals surface area contributed by atoms with Crippen LogP contribution in [0.25, 0.3) is 0 Å². The Balaban J connectivity index is 2.09. The number of pyridine rings is 1. The van der Waals surface area contributed by atoms with Crippen molar-refractivity contribution in [2.45, 2.75) is 26.2 Å². The highest BCUT2D eigenvalue weighted by Crippen LogP contribution is 2.07. The van der Waals surface area contributed by atoms with Crippen molar-refractivity contribution in [1.82, 2.24) is 4.98 Å². The number of hydrazine groups is 1. The molecule has 96 valence electrons. The average Bonchev–Trinajstić information content (AvgIpc) is 2.38. The molecule has 5 nitrogen and oxygen atoms in total. The van der Waals surface area contributed by atoms with Crippen molar-refractivity contribution in [1.29, 1.82) is 0 Å². The van der Waals surface area contributed by atoms with E-state index in [1.54, 1.807) is 0 Å². The number of nitrogens with zero attached hydrogens (tertiary/aromatic N) is 1. The van der Waals surface area contributed by atoms with E-state index in [2.05, 4.69) is 22.7 Å². The van der Waals surface area contributed by atoms with Crippen molar-refractivity contribution in [3.8, 4) is 0 Å². The Hall–Kier alpha value is -1.33. The summed E-state index contributed by atoms with van der Waals surface area (Å²) in [4.78, 5) is 4.25. The van der Waals surface area contributed by atoms with Crippen LogP contribution in [0.4, 0.5) is 11.6 Å². The molecule has 1 heterocycles. The highest BCUT2D eigenvalue weighted by atomic mass is 16.5. The molecule has 0 radical (unpaired) electrons. The number of hydrogen-bond donors (Lipinski definition) is 3. The quantitative estimate of drug-likeness (QED) is 0.348. The first kappa shape index (κ1) is 13.7. The molecule has 1 aromatic rings. The second kappa shape index (κ2) is 8.78. The monoisotopic (exact) mass is 238 g/mol. The van der Waals surface area contributed by atoms with Crippen molar-refractivity contribution in [3.05, 3.63) is 18.2 Å². The molecule has 0 saturated carbocycles. The number of anilines is 2. The van der Waals surface area contributed by atoms with Gasteiger partial charge >= 0.3 is 0 Å². The Kier molecular flexibility index (Phi) is 7.09. The predicted octanol–water partition coefficient (Wildman–Crippen LogP) is 1.99. The van der Waals surface area contributed by atoms with Gasteiger partial charge in [-0.15, -0.1) is 0 Å². The molecule has 0 spiro atoms. The van der Waals surface area contributed by atoms with Gasteiger partial charge in [-0.05, 0) is 25.0 Å². The van der Waals surface area contributed by atoms with Crippen LogP contribution in [-0.2, 0) is 4.74 Å². The van der Waals surface area contributed by atoms with E-state index in [0.29, 0.717) is 5.82 Å². The van der Waals surface area contributed by atoms with Crippen LogP contribution in [-0.4, -0.2) is 24.7 Å². The maximum atomic E-state index is 5.46. The minimum absolute atomic E-state index is 0.661. The molecule has 0 bridgehead atoms. The predicted molar refractivity (Wildman–Crippen MR) is 70.9 cm³/mol. The lowest BCUT2D eigenvalue weighted by molar-refractivity contribution is 0.131. The molecule has 0 saturated heterocycles. The zero-order valence-electron chi connectivity index (χ0n) is 10.4. The van der Waals surface area contributed by atoms with E-state index in [-0.39, 0.29) is 0 Å². The van der Waals surface area contributed by atoms with E-state index in [1.165, 1.54) is 6.42 Å². The van der Waals surface area contributed by atoms with Gasteiger partial charge in [-0.1, -0.05) is 19.4 Å². The molecule has 0 atom stereocenters. The molecule has 0 aromatic carbocycles. The molecule has 1 aromatic heterocycles. The van der Waals surface area contributed by atoms with Gasteiger partial charge in [-0.25, -0.2) is 10.8 Å². The fourth-order valence-corrected chi connectivity index (χ4v) is 1.35. The number of nitrogens with one attached hydrogen (secondary N) is 2. The molecule has 4 N–H and O–H groups in total. The lowest BCUT2D eigenvalue weighted by atomic mass is 10.3. The number of hydrogen-bond acceptors (Lipinski definition) is 5. The number of aromatic nitrogens is 1. The maximum absolute atomic E-state index is 5.46. The van der Waals surface area contributed by atoms with Gasteiger partial charge in [0.05, 0.1) is 0 Å². The molecule has 17 heavy (non-hydrogen) atoms. The summed E-state index contributed by atoms with van der Waals surface area (Å²) in [5, 5.41) is 3.22. The Labute approximate surface area is 103 Å². The molecule has 0 fully saturated rings. The first-order valence-electron chi connectivity index (χ1n) is 6.12. The minimum Gasteiger partial charge on any atom is -0.381 e. The molecule has 1 rings (SSSR count). The summed E-state index contributed by atoms with van der Waals surface area (Å²) in [6, 6.07) is 5.64. The van der Waals surface area contributed by atoms with Crippen LogP contribution < -0.4 is 16.6 Å². The SMILES string of the molecule is CCCCOCCCNc1cccc(NN)n1. The van der Waals surface area contributed by atoms with Gasteiger partial charge in [0.1, 0.15) is 11.6 Å². The third-order valence-electron chi connectivity index (χ3n) is 2.31. The minimum atomic E-state index is 0.661.